The van der Waals surface area contributed by atoms with Gasteiger partial charge in [-0.05, 0) is 25.0 Å². The molecule has 20 heavy (non-hydrogen) atoms. The van der Waals surface area contributed by atoms with Gasteiger partial charge >= 0.3 is 0 Å². The molecule has 5 heteroatoms. The van der Waals surface area contributed by atoms with Crippen LogP contribution in [-0.4, -0.2) is 5.78 Å². The summed E-state index contributed by atoms with van der Waals surface area (Å²) in [4.78, 5) is 12.6. The van der Waals surface area contributed by atoms with Crippen LogP contribution in [0.4, 0.5) is 15.1 Å². The highest BCUT2D eigenvalue weighted by molar-refractivity contribution is 7.18. The van der Waals surface area contributed by atoms with Crippen molar-refractivity contribution in [2.45, 2.75) is 19.4 Å². The molecule has 0 amide bonds. The zero-order valence-electron chi connectivity index (χ0n) is 10.9. The number of Topliss-reactive ketones (excluding diaryl/α,β-unsaturated/α-hetero) is 1. The monoisotopic (exact) mass is 290 g/mol. The van der Waals surface area contributed by atoms with Gasteiger partial charge in [-0.1, -0.05) is 18.2 Å². The van der Waals surface area contributed by atoms with Gasteiger partial charge in [-0.3, -0.25) is 4.79 Å². The second kappa shape index (κ2) is 5.25. The lowest BCUT2D eigenvalue weighted by atomic mass is 10.2. The van der Waals surface area contributed by atoms with Gasteiger partial charge < -0.3 is 11.1 Å². The van der Waals surface area contributed by atoms with E-state index < -0.39 is 0 Å². The summed E-state index contributed by atoms with van der Waals surface area (Å²) in [6.07, 6.45) is 1.93. The van der Waals surface area contributed by atoms with Crippen LogP contribution in [0.1, 0.15) is 28.1 Å². The van der Waals surface area contributed by atoms with E-state index in [9.17, 15) is 9.18 Å². The quantitative estimate of drug-likeness (QED) is 0.826. The van der Waals surface area contributed by atoms with E-state index in [4.69, 9.17) is 5.73 Å². The van der Waals surface area contributed by atoms with E-state index in [0.717, 1.165) is 17.8 Å². The molecule has 0 saturated heterocycles. The third-order valence-electron chi connectivity index (χ3n) is 3.34. The van der Waals surface area contributed by atoms with E-state index in [1.807, 2.05) is 0 Å². The first-order valence-electron chi connectivity index (χ1n) is 6.56. The second-order valence-electron chi connectivity index (χ2n) is 4.98. The molecular formula is C15H15FN2OS. The first kappa shape index (κ1) is 13.1. The molecule has 0 radical (unpaired) electrons. The molecule has 1 aliphatic carbocycles. The minimum Gasteiger partial charge on any atom is -0.397 e. The molecule has 3 nitrogen and oxygen atoms in total. The van der Waals surface area contributed by atoms with E-state index >= 15 is 0 Å². The normalized spacial score (nSPS) is 14.2. The van der Waals surface area contributed by atoms with Crippen LogP contribution in [0.3, 0.4) is 0 Å². The zero-order valence-corrected chi connectivity index (χ0v) is 11.7. The Bertz CT molecular complexity index is 649. The number of ketones is 1. The highest BCUT2D eigenvalue weighted by Gasteiger charge is 2.32. The summed E-state index contributed by atoms with van der Waals surface area (Å²) in [5.41, 5.74) is 6.99. The summed E-state index contributed by atoms with van der Waals surface area (Å²) in [5.74, 6) is 0.0700. The average Bonchev–Trinajstić information content (AvgIpc) is 3.21. The van der Waals surface area contributed by atoms with Gasteiger partial charge in [0.2, 0.25) is 0 Å². The van der Waals surface area contributed by atoms with Crippen molar-refractivity contribution < 1.29 is 9.18 Å². The van der Waals surface area contributed by atoms with E-state index in [1.54, 1.807) is 24.3 Å². The van der Waals surface area contributed by atoms with Crippen molar-refractivity contribution in [2.24, 2.45) is 5.92 Å². The number of hydrogen-bond acceptors (Lipinski definition) is 4. The third kappa shape index (κ3) is 2.67. The van der Waals surface area contributed by atoms with E-state index in [1.165, 1.54) is 17.4 Å². The summed E-state index contributed by atoms with van der Waals surface area (Å²) >= 11 is 1.35. The molecule has 3 N–H and O–H groups in total. The Balaban J connectivity index is 1.70. The minimum atomic E-state index is -0.237. The van der Waals surface area contributed by atoms with Crippen molar-refractivity contribution >= 4 is 27.8 Å². The van der Waals surface area contributed by atoms with Crippen molar-refractivity contribution in [3.8, 4) is 0 Å². The number of carbonyl (C=O) groups is 1. The summed E-state index contributed by atoms with van der Waals surface area (Å²) < 4.78 is 13.5. The van der Waals surface area contributed by atoms with E-state index in [2.05, 4.69) is 5.32 Å². The Morgan fingerprint density at radius 2 is 2.15 bits per heavy atom. The third-order valence-corrected chi connectivity index (χ3v) is 4.47. The minimum absolute atomic E-state index is 0.145. The molecule has 0 atom stereocenters. The number of carbonyl (C=O) groups excluding carboxylic acids is 1. The molecule has 0 bridgehead atoms. The molecule has 104 valence electrons. The summed E-state index contributed by atoms with van der Waals surface area (Å²) in [6.45, 7) is 0.379. The predicted octanol–water partition coefficient (Wildman–Crippen LogP) is 3.67. The van der Waals surface area contributed by atoms with Crippen LogP contribution in [0.2, 0.25) is 0 Å². The predicted molar refractivity (Wildman–Crippen MR) is 79.5 cm³/mol. The number of hydrogen-bond donors (Lipinski definition) is 2. The number of nitrogen functional groups attached to an aromatic ring is 1. The van der Waals surface area contributed by atoms with Crippen LogP contribution in [0.5, 0.6) is 0 Å². The summed E-state index contributed by atoms with van der Waals surface area (Å²) in [6, 6.07) is 8.37. The molecule has 0 spiro atoms. The number of nitrogens with one attached hydrogen (secondary N) is 1. The molecule has 0 unspecified atom stereocenters. The lowest BCUT2D eigenvalue weighted by molar-refractivity contribution is 0.0972. The second-order valence-corrected chi connectivity index (χ2v) is 6.03. The largest absolute Gasteiger partial charge is 0.397 e. The molecule has 1 fully saturated rings. The van der Waals surface area contributed by atoms with Crippen LogP contribution in [0.15, 0.2) is 30.3 Å². The first-order valence-corrected chi connectivity index (χ1v) is 7.37. The van der Waals surface area contributed by atoms with Gasteiger partial charge in [0.05, 0.1) is 15.6 Å². The number of benzene rings is 1. The SMILES string of the molecule is Nc1cc(NCc2ccccc2F)sc1C(=O)C1CC1. The highest BCUT2D eigenvalue weighted by atomic mass is 32.1. The topological polar surface area (TPSA) is 55.1 Å². The van der Waals surface area contributed by atoms with Crippen molar-refractivity contribution in [1.82, 2.24) is 0 Å². The molecule has 1 aromatic carbocycles. The molecular weight excluding hydrogens is 275 g/mol. The van der Waals surface area contributed by atoms with E-state index in [0.29, 0.717) is 22.7 Å². The van der Waals surface area contributed by atoms with Crippen molar-refractivity contribution in [1.29, 1.82) is 0 Å². The first-order chi connectivity index (χ1) is 9.65. The van der Waals surface area contributed by atoms with Gasteiger partial charge in [0, 0.05) is 18.0 Å². The Labute approximate surface area is 120 Å². The van der Waals surface area contributed by atoms with E-state index in [-0.39, 0.29) is 17.5 Å². The lowest BCUT2D eigenvalue weighted by Gasteiger charge is -2.04. The molecule has 1 heterocycles. The van der Waals surface area contributed by atoms with Gasteiger partial charge in [-0.2, -0.15) is 0 Å². The fourth-order valence-electron chi connectivity index (χ4n) is 2.04. The number of thiophene rings is 1. The zero-order chi connectivity index (χ0) is 14.1. The molecule has 1 aliphatic rings. The highest BCUT2D eigenvalue weighted by Crippen LogP contribution is 2.38. The van der Waals surface area contributed by atoms with Crippen LogP contribution in [0, 0.1) is 11.7 Å². The number of halogens is 1. The molecule has 1 aromatic heterocycles. The Hall–Kier alpha value is -1.88. The van der Waals surface area contributed by atoms with Crippen molar-refractivity contribution in [3.63, 3.8) is 0 Å². The fraction of sp³-hybridized carbons (Fsp3) is 0.267. The van der Waals surface area contributed by atoms with Gasteiger partial charge in [0.1, 0.15) is 5.82 Å². The Morgan fingerprint density at radius 1 is 1.40 bits per heavy atom. The van der Waals surface area contributed by atoms with Crippen molar-refractivity contribution in [3.05, 3.63) is 46.6 Å². The number of anilines is 2. The molecule has 1 saturated carbocycles. The molecule has 0 aliphatic heterocycles. The van der Waals surface area contributed by atoms with Crippen LogP contribution < -0.4 is 11.1 Å². The van der Waals surface area contributed by atoms with Gasteiger partial charge in [-0.15, -0.1) is 11.3 Å². The fourth-order valence-corrected chi connectivity index (χ4v) is 3.03. The maximum atomic E-state index is 13.5. The lowest BCUT2D eigenvalue weighted by Crippen LogP contribution is -2.01. The Morgan fingerprint density at radius 3 is 2.85 bits per heavy atom. The van der Waals surface area contributed by atoms with Gasteiger partial charge in [0.15, 0.2) is 5.78 Å². The smallest absolute Gasteiger partial charge is 0.178 e. The number of nitrogens with two attached hydrogens (primary N) is 1. The van der Waals surface area contributed by atoms with Gasteiger partial charge in [0.25, 0.3) is 0 Å². The van der Waals surface area contributed by atoms with Crippen molar-refractivity contribution in [2.75, 3.05) is 11.1 Å². The summed E-state index contributed by atoms with van der Waals surface area (Å²) in [7, 11) is 0. The summed E-state index contributed by atoms with van der Waals surface area (Å²) in [5, 5.41) is 3.92. The van der Waals surface area contributed by atoms with Crippen LogP contribution in [0.25, 0.3) is 0 Å². The Kier molecular flexibility index (Phi) is 3.44. The average molecular weight is 290 g/mol. The van der Waals surface area contributed by atoms with Gasteiger partial charge in [-0.25, -0.2) is 4.39 Å². The molecule has 3 rings (SSSR count). The van der Waals surface area contributed by atoms with Crippen LogP contribution >= 0.6 is 11.3 Å². The standard InChI is InChI=1S/C15H15FN2OS/c16-11-4-2-1-3-10(11)8-18-13-7-12(17)15(20-13)14(19)9-5-6-9/h1-4,7,9,18H,5-6,8,17H2. The number of rotatable bonds is 5. The molecule has 2 aromatic rings. The maximum absolute atomic E-state index is 13.5. The van der Waals surface area contributed by atoms with Crippen LogP contribution in [-0.2, 0) is 6.54 Å². The maximum Gasteiger partial charge on any atom is 0.178 e.